The van der Waals surface area contributed by atoms with Crippen LogP contribution in [0, 0.1) is 0 Å². The fourth-order valence-corrected chi connectivity index (χ4v) is 1.60. The zero-order valence-electron chi connectivity index (χ0n) is 11.7. The van der Waals surface area contributed by atoms with Crippen LogP contribution < -0.4 is 10.6 Å². The number of rotatable bonds is 7. The van der Waals surface area contributed by atoms with Gasteiger partial charge in [0.1, 0.15) is 5.82 Å². The molecule has 110 valence electrons. The molecule has 2 aromatic rings. The number of amides is 1. The minimum atomic E-state index is -0.264. The van der Waals surface area contributed by atoms with E-state index in [-0.39, 0.29) is 11.6 Å². The SMILES string of the molecule is COCCNC(=O)c1ccc(NCc2ccncc2)nn1. The highest BCUT2D eigenvalue weighted by Gasteiger charge is 2.07. The minimum absolute atomic E-state index is 0.264. The van der Waals surface area contributed by atoms with Crippen molar-refractivity contribution in [1.82, 2.24) is 20.5 Å². The Hall–Kier alpha value is -2.54. The van der Waals surface area contributed by atoms with Crippen molar-refractivity contribution in [2.75, 3.05) is 25.6 Å². The van der Waals surface area contributed by atoms with Crippen molar-refractivity contribution in [3.05, 3.63) is 47.9 Å². The molecule has 0 unspecified atom stereocenters. The highest BCUT2D eigenvalue weighted by molar-refractivity contribution is 5.92. The van der Waals surface area contributed by atoms with Gasteiger partial charge >= 0.3 is 0 Å². The molecule has 7 nitrogen and oxygen atoms in total. The van der Waals surface area contributed by atoms with Gasteiger partial charge < -0.3 is 15.4 Å². The zero-order chi connectivity index (χ0) is 14.9. The van der Waals surface area contributed by atoms with Crippen LogP contribution >= 0.6 is 0 Å². The van der Waals surface area contributed by atoms with Crippen LogP contribution in [0.2, 0.25) is 0 Å². The molecule has 2 aromatic heterocycles. The summed E-state index contributed by atoms with van der Waals surface area (Å²) in [7, 11) is 1.58. The predicted molar refractivity (Wildman–Crippen MR) is 77.8 cm³/mol. The Morgan fingerprint density at radius 3 is 2.67 bits per heavy atom. The molecular weight excluding hydrogens is 270 g/mol. The van der Waals surface area contributed by atoms with Crippen LogP contribution in [-0.4, -0.2) is 41.3 Å². The van der Waals surface area contributed by atoms with E-state index in [0.717, 1.165) is 5.56 Å². The summed E-state index contributed by atoms with van der Waals surface area (Å²) in [5.74, 6) is 0.348. The maximum Gasteiger partial charge on any atom is 0.271 e. The number of nitrogens with zero attached hydrogens (tertiary/aromatic N) is 3. The maximum atomic E-state index is 11.7. The summed E-state index contributed by atoms with van der Waals surface area (Å²) in [5, 5.41) is 13.7. The van der Waals surface area contributed by atoms with E-state index in [9.17, 15) is 4.79 Å². The minimum Gasteiger partial charge on any atom is -0.383 e. The lowest BCUT2D eigenvalue weighted by Crippen LogP contribution is -2.27. The van der Waals surface area contributed by atoms with Crippen LogP contribution in [0.3, 0.4) is 0 Å². The average Bonchev–Trinajstić information content (AvgIpc) is 2.54. The van der Waals surface area contributed by atoms with Crippen LogP contribution in [0.4, 0.5) is 5.82 Å². The third kappa shape index (κ3) is 4.81. The molecule has 0 aliphatic carbocycles. The van der Waals surface area contributed by atoms with E-state index in [1.165, 1.54) is 0 Å². The molecule has 0 fully saturated rings. The topological polar surface area (TPSA) is 89.0 Å². The molecule has 0 bridgehead atoms. The molecule has 2 N–H and O–H groups in total. The van der Waals surface area contributed by atoms with E-state index in [2.05, 4.69) is 25.8 Å². The van der Waals surface area contributed by atoms with Crippen molar-refractivity contribution < 1.29 is 9.53 Å². The Kier molecular flexibility index (Phi) is 5.60. The van der Waals surface area contributed by atoms with Gasteiger partial charge in [0.05, 0.1) is 6.61 Å². The molecule has 0 aliphatic rings. The first-order chi connectivity index (χ1) is 10.3. The molecule has 7 heteroatoms. The molecule has 2 rings (SSSR count). The number of anilines is 1. The van der Waals surface area contributed by atoms with Crippen molar-refractivity contribution >= 4 is 11.7 Å². The van der Waals surface area contributed by atoms with Crippen LogP contribution in [0.15, 0.2) is 36.7 Å². The van der Waals surface area contributed by atoms with Gasteiger partial charge in [-0.15, -0.1) is 10.2 Å². The second-order valence-corrected chi connectivity index (χ2v) is 4.26. The summed E-state index contributed by atoms with van der Waals surface area (Å²) in [6.07, 6.45) is 3.46. The number of pyridine rings is 1. The molecular formula is C14H17N5O2. The summed E-state index contributed by atoms with van der Waals surface area (Å²) in [5.41, 5.74) is 1.37. The van der Waals surface area contributed by atoms with E-state index in [0.29, 0.717) is 25.5 Å². The van der Waals surface area contributed by atoms with Gasteiger partial charge in [-0.05, 0) is 29.8 Å². The number of nitrogens with one attached hydrogen (secondary N) is 2. The van der Waals surface area contributed by atoms with E-state index >= 15 is 0 Å². The second-order valence-electron chi connectivity index (χ2n) is 4.26. The maximum absolute atomic E-state index is 11.7. The molecule has 0 aliphatic heterocycles. The summed E-state index contributed by atoms with van der Waals surface area (Å²) in [6, 6.07) is 7.18. The molecule has 0 spiro atoms. The lowest BCUT2D eigenvalue weighted by Gasteiger charge is -2.06. The van der Waals surface area contributed by atoms with Gasteiger partial charge in [0.25, 0.3) is 5.91 Å². The second kappa shape index (κ2) is 7.91. The Morgan fingerprint density at radius 1 is 1.19 bits per heavy atom. The van der Waals surface area contributed by atoms with Gasteiger partial charge in [-0.1, -0.05) is 0 Å². The summed E-state index contributed by atoms with van der Waals surface area (Å²) in [4.78, 5) is 15.7. The van der Waals surface area contributed by atoms with Crippen molar-refractivity contribution in [3.8, 4) is 0 Å². The van der Waals surface area contributed by atoms with Gasteiger partial charge in [0.2, 0.25) is 0 Å². The Morgan fingerprint density at radius 2 is 2.00 bits per heavy atom. The van der Waals surface area contributed by atoms with Gasteiger partial charge in [0, 0.05) is 32.6 Å². The first-order valence-electron chi connectivity index (χ1n) is 6.53. The zero-order valence-corrected chi connectivity index (χ0v) is 11.7. The Labute approximate surface area is 122 Å². The molecule has 0 saturated carbocycles. The molecule has 21 heavy (non-hydrogen) atoms. The Balaban J connectivity index is 1.85. The molecule has 2 heterocycles. The molecule has 0 atom stereocenters. The van der Waals surface area contributed by atoms with Gasteiger partial charge in [-0.3, -0.25) is 9.78 Å². The third-order valence-electron chi connectivity index (χ3n) is 2.71. The van der Waals surface area contributed by atoms with Gasteiger partial charge in [0.15, 0.2) is 5.69 Å². The van der Waals surface area contributed by atoms with Gasteiger partial charge in [-0.2, -0.15) is 0 Å². The smallest absolute Gasteiger partial charge is 0.271 e. The number of hydrogen-bond donors (Lipinski definition) is 2. The predicted octanol–water partition coefficient (Wildman–Crippen LogP) is 0.860. The number of hydrogen-bond acceptors (Lipinski definition) is 6. The third-order valence-corrected chi connectivity index (χ3v) is 2.71. The monoisotopic (exact) mass is 287 g/mol. The normalized spacial score (nSPS) is 10.1. The lowest BCUT2D eigenvalue weighted by molar-refractivity contribution is 0.0931. The number of carbonyl (C=O) groups is 1. The van der Waals surface area contributed by atoms with E-state index in [4.69, 9.17) is 4.74 Å². The van der Waals surface area contributed by atoms with Gasteiger partial charge in [-0.25, -0.2) is 0 Å². The molecule has 0 radical (unpaired) electrons. The number of methoxy groups -OCH3 is 1. The summed E-state index contributed by atoms with van der Waals surface area (Å²) >= 11 is 0. The average molecular weight is 287 g/mol. The van der Waals surface area contributed by atoms with Crippen LogP contribution in [0.25, 0.3) is 0 Å². The fraction of sp³-hybridized carbons (Fsp3) is 0.286. The quantitative estimate of drug-likeness (QED) is 0.734. The van der Waals surface area contributed by atoms with Crippen molar-refractivity contribution in [2.45, 2.75) is 6.54 Å². The van der Waals surface area contributed by atoms with Crippen molar-refractivity contribution in [3.63, 3.8) is 0 Å². The van der Waals surface area contributed by atoms with Crippen molar-refractivity contribution in [1.29, 1.82) is 0 Å². The van der Waals surface area contributed by atoms with Crippen LogP contribution in [0.5, 0.6) is 0 Å². The fourth-order valence-electron chi connectivity index (χ4n) is 1.60. The molecule has 0 aromatic carbocycles. The largest absolute Gasteiger partial charge is 0.383 e. The lowest BCUT2D eigenvalue weighted by atomic mass is 10.3. The summed E-state index contributed by atoms with van der Waals surface area (Å²) in [6.45, 7) is 1.53. The first kappa shape index (κ1) is 14.9. The standard InChI is InChI=1S/C14H17N5O2/c1-21-9-8-16-14(20)12-2-3-13(19-18-12)17-10-11-4-6-15-7-5-11/h2-7H,8-10H2,1H3,(H,16,20)(H,17,19). The van der Waals surface area contributed by atoms with Crippen LogP contribution in [0.1, 0.15) is 16.1 Å². The summed E-state index contributed by atoms with van der Waals surface area (Å²) < 4.78 is 4.86. The Bertz CT molecular complexity index is 559. The van der Waals surface area contributed by atoms with E-state index in [1.807, 2.05) is 12.1 Å². The molecule has 0 saturated heterocycles. The first-order valence-corrected chi connectivity index (χ1v) is 6.53. The number of carbonyl (C=O) groups excluding carboxylic acids is 1. The van der Waals surface area contributed by atoms with E-state index < -0.39 is 0 Å². The highest BCUT2D eigenvalue weighted by atomic mass is 16.5. The highest BCUT2D eigenvalue weighted by Crippen LogP contribution is 2.05. The molecule has 1 amide bonds. The van der Waals surface area contributed by atoms with Crippen molar-refractivity contribution in [2.24, 2.45) is 0 Å². The number of aromatic nitrogens is 3. The van der Waals surface area contributed by atoms with Crippen LogP contribution in [-0.2, 0) is 11.3 Å². The van der Waals surface area contributed by atoms with E-state index in [1.54, 1.807) is 31.6 Å². The number of ether oxygens (including phenoxy) is 1.